The molecular weight excluding hydrogens is 354 g/mol. The molecule has 0 atom stereocenters. The zero-order chi connectivity index (χ0) is 19.3. The standard InChI is InChI=1S/C22H29N3O3/c1-2-18-15-21(28-23-18)16-24-13-9-20(10-14-24)27-19-7-5-17(6-8-19)22(26)25-11-3-4-12-25/h5-8,15,20H,2-4,9-14,16H2,1H3. The minimum Gasteiger partial charge on any atom is -0.490 e. The number of hydrogen-bond donors (Lipinski definition) is 0. The second-order valence-electron chi connectivity index (χ2n) is 7.76. The number of ether oxygens (including phenoxy) is 1. The molecule has 3 heterocycles. The Balaban J connectivity index is 1.24. The summed E-state index contributed by atoms with van der Waals surface area (Å²) in [4.78, 5) is 16.7. The summed E-state index contributed by atoms with van der Waals surface area (Å²) in [5, 5.41) is 4.06. The summed E-state index contributed by atoms with van der Waals surface area (Å²) >= 11 is 0. The van der Waals surface area contributed by atoms with E-state index in [1.807, 2.05) is 35.2 Å². The van der Waals surface area contributed by atoms with Crippen molar-refractivity contribution in [2.45, 2.75) is 51.7 Å². The van der Waals surface area contributed by atoms with E-state index in [0.29, 0.717) is 0 Å². The molecule has 6 nitrogen and oxygen atoms in total. The summed E-state index contributed by atoms with van der Waals surface area (Å²) < 4.78 is 11.5. The fraction of sp³-hybridized carbons (Fsp3) is 0.545. The molecule has 2 aromatic rings. The Kier molecular flexibility index (Phi) is 5.95. The topological polar surface area (TPSA) is 58.8 Å². The zero-order valence-corrected chi connectivity index (χ0v) is 16.6. The van der Waals surface area contributed by atoms with Gasteiger partial charge < -0.3 is 14.2 Å². The lowest BCUT2D eigenvalue weighted by atomic mass is 10.1. The van der Waals surface area contributed by atoms with Crippen LogP contribution >= 0.6 is 0 Å². The number of aryl methyl sites for hydroxylation is 1. The van der Waals surface area contributed by atoms with Gasteiger partial charge >= 0.3 is 0 Å². The zero-order valence-electron chi connectivity index (χ0n) is 16.6. The van der Waals surface area contributed by atoms with Gasteiger partial charge in [-0.1, -0.05) is 12.1 Å². The van der Waals surface area contributed by atoms with Gasteiger partial charge in [-0.25, -0.2) is 0 Å². The van der Waals surface area contributed by atoms with Crippen molar-refractivity contribution in [3.8, 4) is 5.75 Å². The molecule has 2 fully saturated rings. The van der Waals surface area contributed by atoms with E-state index >= 15 is 0 Å². The van der Waals surface area contributed by atoms with Crippen LogP contribution in [0.3, 0.4) is 0 Å². The van der Waals surface area contributed by atoms with Crippen LogP contribution in [0.15, 0.2) is 34.9 Å². The number of amides is 1. The number of carbonyl (C=O) groups excluding carboxylic acids is 1. The summed E-state index contributed by atoms with van der Waals surface area (Å²) in [7, 11) is 0. The average Bonchev–Trinajstić information content (AvgIpc) is 3.42. The lowest BCUT2D eigenvalue weighted by Crippen LogP contribution is -2.37. The molecule has 150 valence electrons. The number of benzene rings is 1. The van der Waals surface area contributed by atoms with E-state index in [0.717, 1.165) is 87.6 Å². The lowest BCUT2D eigenvalue weighted by Gasteiger charge is -2.31. The molecule has 0 saturated carbocycles. The smallest absolute Gasteiger partial charge is 0.253 e. The summed E-state index contributed by atoms with van der Waals surface area (Å²) in [6, 6.07) is 9.68. The molecule has 0 bridgehead atoms. The van der Waals surface area contributed by atoms with Crippen molar-refractivity contribution in [1.82, 2.24) is 15.0 Å². The molecule has 4 rings (SSSR count). The molecule has 0 radical (unpaired) electrons. The van der Waals surface area contributed by atoms with Gasteiger partial charge in [0.15, 0.2) is 5.76 Å². The molecule has 1 aromatic carbocycles. The average molecular weight is 383 g/mol. The predicted molar refractivity (Wildman–Crippen MR) is 106 cm³/mol. The van der Waals surface area contributed by atoms with Crippen molar-refractivity contribution in [2.75, 3.05) is 26.2 Å². The predicted octanol–water partition coefficient (Wildman–Crippen LogP) is 3.52. The number of aromatic nitrogens is 1. The monoisotopic (exact) mass is 383 g/mol. The quantitative estimate of drug-likeness (QED) is 0.764. The van der Waals surface area contributed by atoms with Crippen LogP contribution in [-0.4, -0.2) is 53.1 Å². The maximum absolute atomic E-state index is 12.4. The molecule has 1 aromatic heterocycles. The summed E-state index contributed by atoms with van der Waals surface area (Å²) in [5.74, 6) is 1.92. The first-order valence-corrected chi connectivity index (χ1v) is 10.4. The highest BCUT2D eigenvalue weighted by Crippen LogP contribution is 2.22. The molecular formula is C22H29N3O3. The van der Waals surface area contributed by atoms with Crippen molar-refractivity contribution < 1.29 is 14.1 Å². The molecule has 28 heavy (non-hydrogen) atoms. The normalized spacial score (nSPS) is 18.5. The van der Waals surface area contributed by atoms with Crippen molar-refractivity contribution >= 4 is 5.91 Å². The van der Waals surface area contributed by atoms with Crippen LogP contribution in [0, 0.1) is 0 Å². The highest BCUT2D eigenvalue weighted by molar-refractivity contribution is 5.94. The number of rotatable bonds is 6. The number of piperidine rings is 1. The van der Waals surface area contributed by atoms with Crippen molar-refractivity contribution in [3.05, 3.63) is 47.3 Å². The number of carbonyl (C=O) groups is 1. The third-order valence-electron chi connectivity index (χ3n) is 5.68. The minimum atomic E-state index is 0.135. The van der Waals surface area contributed by atoms with E-state index in [-0.39, 0.29) is 12.0 Å². The Labute approximate surface area is 166 Å². The van der Waals surface area contributed by atoms with Gasteiger partial charge in [0.2, 0.25) is 0 Å². The summed E-state index contributed by atoms with van der Waals surface area (Å²) in [6.45, 7) is 6.62. The molecule has 0 aliphatic carbocycles. The van der Waals surface area contributed by atoms with Gasteiger partial charge in [0.25, 0.3) is 5.91 Å². The van der Waals surface area contributed by atoms with Crippen LogP contribution in [-0.2, 0) is 13.0 Å². The van der Waals surface area contributed by atoms with E-state index in [9.17, 15) is 4.79 Å². The van der Waals surface area contributed by atoms with Crippen LogP contribution in [0.2, 0.25) is 0 Å². The second-order valence-corrected chi connectivity index (χ2v) is 7.76. The van der Waals surface area contributed by atoms with Gasteiger partial charge in [0.1, 0.15) is 11.9 Å². The lowest BCUT2D eigenvalue weighted by molar-refractivity contribution is 0.0792. The molecule has 2 aliphatic rings. The van der Waals surface area contributed by atoms with Crippen LogP contribution in [0.4, 0.5) is 0 Å². The number of likely N-dealkylation sites (tertiary alicyclic amines) is 2. The van der Waals surface area contributed by atoms with Gasteiger partial charge in [0, 0.05) is 37.8 Å². The van der Waals surface area contributed by atoms with Gasteiger partial charge in [-0.15, -0.1) is 0 Å². The number of nitrogens with zero attached hydrogens (tertiary/aromatic N) is 3. The fourth-order valence-electron chi connectivity index (χ4n) is 3.97. The van der Waals surface area contributed by atoms with Crippen molar-refractivity contribution in [1.29, 1.82) is 0 Å². The van der Waals surface area contributed by atoms with Crippen LogP contribution in [0.25, 0.3) is 0 Å². The third kappa shape index (κ3) is 4.55. The Morgan fingerprint density at radius 2 is 1.86 bits per heavy atom. The highest BCUT2D eigenvalue weighted by Gasteiger charge is 2.22. The Bertz CT molecular complexity index is 773. The minimum absolute atomic E-state index is 0.135. The van der Waals surface area contributed by atoms with Crippen molar-refractivity contribution in [3.63, 3.8) is 0 Å². The van der Waals surface area contributed by atoms with Crippen LogP contribution in [0.5, 0.6) is 5.75 Å². The first kappa shape index (κ1) is 19.0. The first-order valence-electron chi connectivity index (χ1n) is 10.4. The molecule has 2 saturated heterocycles. The maximum atomic E-state index is 12.4. The van der Waals surface area contributed by atoms with E-state index in [1.54, 1.807) is 0 Å². The fourth-order valence-corrected chi connectivity index (χ4v) is 3.97. The van der Waals surface area contributed by atoms with E-state index in [4.69, 9.17) is 9.26 Å². The maximum Gasteiger partial charge on any atom is 0.253 e. The highest BCUT2D eigenvalue weighted by atomic mass is 16.5. The van der Waals surface area contributed by atoms with Gasteiger partial charge in [-0.05, 0) is 56.4 Å². The molecule has 6 heteroatoms. The molecule has 1 amide bonds. The summed E-state index contributed by atoms with van der Waals surface area (Å²) in [6.07, 6.45) is 5.33. The molecule has 0 spiro atoms. The Morgan fingerprint density at radius 3 is 2.50 bits per heavy atom. The van der Waals surface area contributed by atoms with Crippen LogP contribution < -0.4 is 4.74 Å². The van der Waals surface area contributed by atoms with E-state index in [2.05, 4.69) is 17.0 Å². The second kappa shape index (κ2) is 8.78. The third-order valence-corrected chi connectivity index (χ3v) is 5.68. The van der Waals surface area contributed by atoms with Gasteiger partial charge in [0.05, 0.1) is 12.2 Å². The van der Waals surface area contributed by atoms with Gasteiger partial charge in [-0.2, -0.15) is 0 Å². The van der Waals surface area contributed by atoms with E-state index in [1.165, 1.54) is 0 Å². The van der Waals surface area contributed by atoms with Crippen LogP contribution in [0.1, 0.15) is 54.4 Å². The molecule has 0 unspecified atom stereocenters. The summed E-state index contributed by atoms with van der Waals surface area (Å²) in [5.41, 5.74) is 1.77. The molecule has 0 N–H and O–H groups in total. The Hall–Kier alpha value is -2.34. The number of hydrogen-bond acceptors (Lipinski definition) is 5. The first-order chi connectivity index (χ1) is 13.7. The van der Waals surface area contributed by atoms with Gasteiger partial charge in [-0.3, -0.25) is 9.69 Å². The SMILES string of the molecule is CCc1cc(CN2CCC(Oc3ccc(C(=O)N4CCCC4)cc3)CC2)on1. The largest absolute Gasteiger partial charge is 0.490 e. The van der Waals surface area contributed by atoms with Crippen molar-refractivity contribution in [2.24, 2.45) is 0 Å². The Morgan fingerprint density at radius 1 is 1.14 bits per heavy atom. The molecule has 2 aliphatic heterocycles. The van der Waals surface area contributed by atoms with E-state index < -0.39 is 0 Å².